The average molecular weight is 380 g/mol. The number of methoxy groups -OCH3 is 1. The van der Waals surface area contributed by atoms with Gasteiger partial charge in [0.05, 0.1) is 13.7 Å². The van der Waals surface area contributed by atoms with E-state index in [2.05, 4.69) is 24.0 Å². The molecule has 4 rings (SSSR count). The van der Waals surface area contributed by atoms with E-state index in [1.54, 1.807) is 25.6 Å². The fraction of sp³-hybridized carbons (Fsp3) is 0.400. The van der Waals surface area contributed by atoms with E-state index in [9.17, 15) is 4.79 Å². The molecule has 3 aromatic rings. The Hall–Kier alpha value is -3.16. The van der Waals surface area contributed by atoms with Crippen LogP contribution in [0.5, 0.6) is 5.75 Å². The second-order valence-corrected chi connectivity index (χ2v) is 7.26. The van der Waals surface area contributed by atoms with Crippen LogP contribution in [0.1, 0.15) is 41.5 Å². The van der Waals surface area contributed by atoms with Crippen molar-refractivity contribution in [2.75, 3.05) is 13.7 Å². The van der Waals surface area contributed by atoms with Gasteiger partial charge in [-0.25, -0.2) is 0 Å². The van der Waals surface area contributed by atoms with Crippen molar-refractivity contribution in [1.82, 2.24) is 29.4 Å². The third kappa shape index (κ3) is 3.04. The molecule has 8 nitrogen and oxygen atoms in total. The van der Waals surface area contributed by atoms with Crippen molar-refractivity contribution in [1.29, 1.82) is 0 Å². The smallest absolute Gasteiger partial charge is 0.254 e. The van der Waals surface area contributed by atoms with Gasteiger partial charge in [0.2, 0.25) is 0 Å². The quantitative estimate of drug-likeness (QED) is 0.695. The Morgan fingerprint density at radius 2 is 1.96 bits per heavy atom. The summed E-state index contributed by atoms with van der Waals surface area (Å²) in [7, 11) is 3.56. The topological polar surface area (TPSA) is 78.1 Å². The molecule has 0 N–H and O–H groups in total. The van der Waals surface area contributed by atoms with E-state index in [4.69, 9.17) is 9.84 Å². The number of carbonyl (C=O) groups is 1. The number of hydrogen-bond acceptors (Lipinski definition) is 5. The van der Waals surface area contributed by atoms with E-state index in [1.165, 1.54) is 0 Å². The summed E-state index contributed by atoms with van der Waals surface area (Å²) in [6.45, 7) is 5.34. The second kappa shape index (κ2) is 7.10. The molecule has 0 spiro atoms. The van der Waals surface area contributed by atoms with Gasteiger partial charge in [0.25, 0.3) is 5.91 Å². The molecule has 2 aromatic heterocycles. The number of carbonyl (C=O) groups excluding carboxylic acids is 1. The first-order valence-corrected chi connectivity index (χ1v) is 9.37. The third-order valence-corrected chi connectivity index (χ3v) is 5.21. The van der Waals surface area contributed by atoms with Crippen molar-refractivity contribution in [3.8, 4) is 17.3 Å². The van der Waals surface area contributed by atoms with Crippen molar-refractivity contribution in [2.45, 2.75) is 32.9 Å². The molecule has 0 bridgehead atoms. The van der Waals surface area contributed by atoms with Crippen molar-refractivity contribution < 1.29 is 9.53 Å². The largest absolute Gasteiger partial charge is 0.497 e. The van der Waals surface area contributed by atoms with Gasteiger partial charge in [-0.3, -0.25) is 9.48 Å². The van der Waals surface area contributed by atoms with Crippen LogP contribution in [-0.4, -0.2) is 49.0 Å². The lowest BCUT2D eigenvalue weighted by molar-refractivity contribution is 0.0733. The summed E-state index contributed by atoms with van der Waals surface area (Å²) in [6, 6.07) is 7.45. The predicted molar refractivity (Wildman–Crippen MR) is 104 cm³/mol. The molecule has 0 atom stereocenters. The van der Waals surface area contributed by atoms with Gasteiger partial charge in [-0.15, -0.1) is 10.2 Å². The minimum Gasteiger partial charge on any atom is -0.497 e. The summed E-state index contributed by atoms with van der Waals surface area (Å²) >= 11 is 0. The Kier molecular flexibility index (Phi) is 4.62. The van der Waals surface area contributed by atoms with E-state index < -0.39 is 0 Å². The van der Waals surface area contributed by atoms with Crippen LogP contribution in [0.15, 0.2) is 30.6 Å². The molecular weight excluding hydrogens is 356 g/mol. The zero-order valence-electron chi connectivity index (χ0n) is 16.6. The first kappa shape index (κ1) is 18.2. The monoisotopic (exact) mass is 380 g/mol. The minimum atomic E-state index is 0.00781. The van der Waals surface area contributed by atoms with Gasteiger partial charge in [-0.2, -0.15) is 5.10 Å². The van der Waals surface area contributed by atoms with E-state index in [0.29, 0.717) is 18.7 Å². The number of aromatic nitrogens is 5. The lowest BCUT2D eigenvalue weighted by Crippen LogP contribution is -2.36. The molecule has 0 aliphatic carbocycles. The van der Waals surface area contributed by atoms with Crippen LogP contribution in [0.25, 0.3) is 11.5 Å². The SMILES string of the molecule is COc1ccc(C(=O)N2CCc3c(c(-c4nncn4C(C)C)nn3C)C2)cc1. The van der Waals surface area contributed by atoms with Crippen molar-refractivity contribution in [3.05, 3.63) is 47.4 Å². The molecule has 0 unspecified atom stereocenters. The second-order valence-electron chi connectivity index (χ2n) is 7.26. The molecule has 146 valence electrons. The first-order chi connectivity index (χ1) is 13.5. The fourth-order valence-corrected chi connectivity index (χ4v) is 3.65. The Labute approximate surface area is 163 Å². The van der Waals surface area contributed by atoms with Crippen LogP contribution in [0.4, 0.5) is 0 Å². The molecule has 28 heavy (non-hydrogen) atoms. The van der Waals surface area contributed by atoms with Crippen LogP contribution in [0.3, 0.4) is 0 Å². The van der Waals surface area contributed by atoms with Crippen molar-refractivity contribution in [3.63, 3.8) is 0 Å². The summed E-state index contributed by atoms with van der Waals surface area (Å²) in [6.07, 6.45) is 2.49. The van der Waals surface area contributed by atoms with Crippen molar-refractivity contribution >= 4 is 5.91 Å². The summed E-state index contributed by atoms with van der Waals surface area (Å²) in [5.74, 6) is 1.49. The van der Waals surface area contributed by atoms with Crippen LogP contribution < -0.4 is 4.74 Å². The molecule has 3 heterocycles. The highest BCUT2D eigenvalue weighted by Crippen LogP contribution is 2.30. The Morgan fingerprint density at radius 3 is 2.64 bits per heavy atom. The van der Waals surface area contributed by atoms with Crippen LogP contribution in [0.2, 0.25) is 0 Å². The van der Waals surface area contributed by atoms with E-state index >= 15 is 0 Å². The molecule has 1 aliphatic rings. The Balaban J connectivity index is 1.66. The number of benzene rings is 1. The molecular formula is C20H24N6O2. The third-order valence-electron chi connectivity index (χ3n) is 5.21. The summed E-state index contributed by atoms with van der Waals surface area (Å²) in [5.41, 5.74) is 3.65. The van der Waals surface area contributed by atoms with Crippen LogP contribution >= 0.6 is 0 Å². The molecule has 0 saturated heterocycles. The number of fused-ring (bicyclic) bond motifs is 1. The van der Waals surface area contributed by atoms with Crippen LogP contribution in [0, 0.1) is 0 Å². The molecule has 0 fully saturated rings. The lowest BCUT2D eigenvalue weighted by Gasteiger charge is -2.28. The molecule has 1 aromatic carbocycles. The summed E-state index contributed by atoms with van der Waals surface area (Å²) in [4.78, 5) is 14.9. The van der Waals surface area contributed by atoms with Gasteiger partial charge in [-0.1, -0.05) is 0 Å². The minimum absolute atomic E-state index is 0.00781. The lowest BCUT2D eigenvalue weighted by atomic mass is 10.0. The number of hydrogen-bond donors (Lipinski definition) is 0. The standard InChI is InChI=1S/C20H24N6O2/c1-13(2)26-12-21-22-19(26)18-16-11-25(10-9-17(16)24(3)23-18)20(27)14-5-7-15(28-4)8-6-14/h5-8,12-13H,9-11H2,1-4H3. The highest BCUT2D eigenvalue weighted by atomic mass is 16.5. The predicted octanol–water partition coefficient (Wildman–Crippen LogP) is 2.47. The molecule has 1 aliphatic heterocycles. The number of nitrogens with zero attached hydrogens (tertiary/aromatic N) is 6. The number of amides is 1. The van der Waals surface area contributed by atoms with Crippen LogP contribution in [-0.2, 0) is 20.0 Å². The van der Waals surface area contributed by atoms with Gasteiger partial charge in [0.15, 0.2) is 5.82 Å². The van der Waals surface area contributed by atoms with Gasteiger partial charge >= 0.3 is 0 Å². The maximum absolute atomic E-state index is 13.0. The van der Waals surface area contributed by atoms with E-state index in [0.717, 1.165) is 34.9 Å². The molecule has 0 saturated carbocycles. The number of ether oxygens (including phenoxy) is 1. The average Bonchev–Trinajstić information content (AvgIpc) is 3.32. The molecule has 0 radical (unpaired) electrons. The Morgan fingerprint density at radius 1 is 1.21 bits per heavy atom. The summed E-state index contributed by atoms with van der Waals surface area (Å²) in [5, 5.41) is 13.1. The zero-order valence-corrected chi connectivity index (χ0v) is 16.6. The van der Waals surface area contributed by atoms with E-state index in [-0.39, 0.29) is 11.9 Å². The number of aryl methyl sites for hydroxylation is 1. The van der Waals surface area contributed by atoms with Gasteiger partial charge in [0, 0.05) is 42.9 Å². The van der Waals surface area contributed by atoms with Gasteiger partial charge < -0.3 is 14.2 Å². The Bertz CT molecular complexity index is 1000. The molecule has 1 amide bonds. The normalized spacial score (nSPS) is 13.7. The van der Waals surface area contributed by atoms with Gasteiger partial charge in [-0.05, 0) is 38.1 Å². The highest BCUT2D eigenvalue weighted by Gasteiger charge is 2.29. The molecule has 8 heteroatoms. The first-order valence-electron chi connectivity index (χ1n) is 9.37. The summed E-state index contributed by atoms with van der Waals surface area (Å²) < 4.78 is 9.09. The number of rotatable bonds is 4. The maximum atomic E-state index is 13.0. The van der Waals surface area contributed by atoms with Crippen molar-refractivity contribution in [2.24, 2.45) is 7.05 Å². The van der Waals surface area contributed by atoms with E-state index in [1.807, 2.05) is 33.3 Å². The highest BCUT2D eigenvalue weighted by molar-refractivity contribution is 5.94. The maximum Gasteiger partial charge on any atom is 0.254 e. The zero-order chi connectivity index (χ0) is 19.8. The fourth-order valence-electron chi connectivity index (χ4n) is 3.65. The van der Waals surface area contributed by atoms with Gasteiger partial charge in [0.1, 0.15) is 17.8 Å².